The highest BCUT2D eigenvalue weighted by molar-refractivity contribution is 5.97. The van der Waals surface area contributed by atoms with Crippen molar-refractivity contribution in [3.63, 3.8) is 0 Å². The summed E-state index contributed by atoms with van der Waals surface area (Å²) in [5.41, 5.74) is 1.40. The molecule has 1 aliphatic rings. The first-order chi connectivity index (χ1) is 15.0. The standard InChI is InChI=1S/C22H24F2N4O3/c1-29-18-11-15-19(21(31-3)20(18)30-2)25-13-26-22(15)28-8-6-27(7-9-28)12-14-4-5-16(23)17(24)10-14/h4-5,10-11,13H,6-9,12H2,1-3H3. The van der Waals surface area contributed by atoms with E-state index in [1.54, 1.807) is 27.4 Å². The van der Waals surface area contributed by atoms with Crippen LogP contribution in [0.15, 0.2) is 30.6 Å². The van der Waals surface area contributed by atoms with Crippen molar-refractivity contribution in [2.24, 2.45) is 0 Å². The fourth-order valence-corrected chi connectivity index (χ4v) is 3.92. The summed E-state index contributed by atoms with van der Waals surface area (Å²) in [6, 6.07) is 5.91. The molecule has 0 unspecified atom stereocenters. The number of hydrogen-bond donors (Lipinski definition) is 0. The summed E-state index contributed by atoms with van der Waals surface area (Å²) in [6.45, 7) is 3.54. The van der Waals surface area contributed by atoms with Crippen molar-refractivity contribution in [3.8, 4) is 17.2 Å². The molecule has 1 aromatic heterocycles. The van der Waals surface area contributed by atoms with E-state index in [0.717, 1.165) is 42.9 Å². The minimum absolute atomic E-state index is 0.485. The van der Waals surface area contributed by atoms with Gasteiger partial charge < -0.3 is 19.1 Å². The van der Waals surface area contributed by atoms with Crippen molar-refractivity contribution in [1.82, 2.24) is 14.9 Å². The molecular weight excluding hydrogens is 406 g/mol. The number of piperazine rings is 1. The highest BCUT2D eigenvalue weighted by atomic mass is 19.2. The lowest BCUT2D eigenvalue weighted by atomic mass is 10.1. The van der Waals surface area contributed by atoms with Gasteiger partial charge >= 0.3 is 0 Å². The maximum absolute atomic E-state index is 13.5. The third kappa shape index (κ3) is 4.05. The summed E-state index contributed by atoms with van der Waals surface area (Å²) in [7, 11) is 4.69. The van der Waals surface area contributed by atoms with E-state index in [-0.39, 0.29) is 0 Å². The zero-order valence-corrected chi connectivity index (χ0v) is 17.7. The summed E-state index contributed by atoms with van der Waals surface area (Å²) in [6.07, 6.45) is 1.51. The number of methoxy groups -OCH3 is 3. The zero-order chi connectivity index (χ0) is 22.0. The molecule has 31 heavy (non-hydrogen) atoms. The third-order valence-electron chi connectivity index (χ3n) is 5.47. The van der Waals surface area contributed by atoms with E-state index in [2.05, 4.69) is 19.8 Å². The zero-order valence-electron chi connectivity index (χ0n) is 17.7. The molecule has 3 aromatic rings. The molecule has 0 bridgehead atoms. The molecule has 0 radical (unpaired) electrons. The fraction of sp³-hybridized carbons (Fsp3) is 0.364. The minimum Gasteiger partial charge on any atom is -0.493 e. The molecule has 7 nitrogen and oxygen atoms in total. The van der Waals surface area contributed by atoms with Gasteiger partial charge in [0.05, 0.1) is 26.7 Å². The summed E-state index contributed by atoms with van der Waals surface area (Å²) >= 11 is 0. The van der Waals surface area contributed by atoms with Crippen LogP contribution in [-0.2, 0) is 6.54 Å². The number of fused-ring (bicyclic) bond motifs is 1. The fourth-order valence-electron chi connectivity index (χ4n) is 3.92. The maximum atomic E-state index is 13.5. The van der Waals surface area contributed by atoms with Gasteiger partial charge in [-0.2, -0.15) is 0 Å². The van der Waals surface area contributed by atoms with Crippen molar-refractivity contribution in [3.05, 3.63) is 47.8 Å². The normalized spacial score (nSPS) is 14.7. The van der Waals surface area contributed by atoms with E-state index in [1.807, 2.05) is 6.07 Å². The number of halogens is 2. The topological polar surface area (TPSA) is 60.0 Å². The molecule has 2 heterocycles. The van der Waals surface area contributed by atoms with Gasteiger partial charge in [-0.1, -0.05) is 6.07 Å². The molecular formula is C22H24F2N4O3. The Morgan fingerprint density at radius 1 is 0.871 bits per heavy atom. The van der Waals surface area contributed by atoms with Gasteiger partial charge in [0.2, 0.25) is 5.75 Å². The van der Waals surface area contributed by atoms with Crippen LogP contribution < -0.4 is 19.1 Å². The summed E-state index contributed by atoms with van der Waals surface area (Å²) in [5.74, 6) is 0.668. The number of rotatable bonds is 6. The molecule has 1 saturated heterocycles. The first-order valence-corrected chi connectivity index (χ1v) is 9.90. The van der Waals surface area contributed by atoms with E-state index in [1.165, 1.54) is 18.5 Å². The Hall–Kier alpha value is -3.20. The van der Waals surface area contributed by atoms with Crippen LogP contribution in [0, 0.1) is 11.6 Å². The molecule has 0 N–H and O–H groups in total. The highest BCUT2D eigenvalue weighted by Crippen LogP contribution is 2.44. The van der Waals surface area contributed by atoms with Gasteiger partial charge in [0.15, 0.2) is 23.1 Å². The molecule has 0 amide bonds. The Morgan fingerprint density at radius 2 is 1.61 bits per heavy atom. The van der Waals surface area contributed by atoms with Crippen LogP contribution in [0.25, 0.3) is 10.9 Å². The summed E-state index contributed by atoms with van der Waals surface area (Å²) in [5, 5.41) is 0.811. The maximum Gasteiger partial charge on any atom is 0.205 e. The van der Waals surface area contributed by atoms with E-state index in [4.69, 9.17) is 14.2 Å². The average molecular weight is 430 g/mol. The number of aromatic nitrogens is 2. The highest BCUT2D eigenvalue weighted by Gasteiger charge is 2.24. The smallest absolute Gasteiger partial charge is 0.205 e. The number of benzene rings is 2. The van der Waals surface area contributed by atoms with Gasteiger partial charge in [-0.3, -0.25) is 4.90 Å². The second-order valence-corrected chi connectivity index (χ2v) is 7.25. The van der Waals surface area contributed by atoms with Crippen molar-refractivity contribution in [2.45, 2.75) is 6.54 Å². The third-order valence-corrected chi connectivity index (χ3v) is 5.47. The molecule has 1 aliphatic heterocycles. The van der Waals surface area contributed by atoms with Crippen LogP contribution in [0.5, 0.6) is 17.2 Å². The van der Waals surface area contributed by atoms with Crippen molar-refractivity contribution in [1.29, 1.82) is 0 Å². The monoisotopic (exact) mass is 430 g/mol. The summed E-state index contributed by atoms with van der Waals surface area (Å²) in [4.78, 5) is 13.3. The van der Waals surface area contributed by atoms with E-state index in [0.29, 0.717) is 29.3 Å². The van der Waals surface area contributed by atoms with Crippen LogP contribution in [0.1, 0.15) is 5.56 Å². The first-order valence-electron chi connectivity index (χ1n) is 9.90. The lowest BCUT2D eigenvalue weighted by Crippen LogP contribution is -2.46. The van der Waals surface area contributed by atoms with Crippen molar-refractivity contribution in [2.75, 3.05) is 52.4 Å². The van der Waals surface area contributed by atoms with Crippen LogP contribution in [0.3, 0.4) is 0 Å². The molecule has 0 saturated carbocycles. The van der Waals surface area contributed by atoms with Gasteiger partial charge in [-0.25, -0.2) is 18.7 Å². The van der Waals surface area contributed by atoms with Crippen molar-refractivity contribution >= 4 is 16.7 Å². The molecule has 4 rings (SSSR count). The van der Waals surface area contributed by atoms with Crippen LogP contribution in [-0.4, -0.2) is 62.4 Å². The molecule has 164 valence electrons. The molecule has 0 aliphatic carbocycles. The van der Waals surface area contributed by atoms with E-state index in [9.17, 15) is 8.78 Å². The van der Waals surface area contributed by atoms with Crippen LogP contribution >= 0.6 is 0 Å². The Bertz CT molecular complexity index is 1090. The Balaban J connectivity index is 1.57. The van der Waals surface area contributed by atoms with Gasteiger partial charge in [0.25, 0.3) is 0 Å². The van der Waals surface area contributed by atoms with Crippen LogP contribution in [0.2, 0.25) is 0 Å². The number of nitrogens with zero attached hydrogens (tertiary/aromatic N) is 4. The van der Waals surface area contributed by atoms with Gasteiger partial charge in [0, 0.05) is 32.7 Å². The van der Waals surface area contributed by atoms with E-state index >= 15 is 0 Å². The summed E-state index contributed by atoms with van der Waals surface area (Å²) < 4.78 is 43.2. The SMILES string of the molecule is COc1cc2c(N3CCN(Cc4ccc(F)c(F)c4)CC3)ncnc2c(OC)c1OC. The average Bonchev–Trinajstić information content (AvgIpc) is 2.80. The Morgan fingerprint density at radius 3 is 2.26 bits per heavy atom. The Labute approximate surface area is 179 Å². The number of hydrogen-bond acceptors (Lipinski definition) is 7. The van der Waals surface area contributed by atoms with Crippen molar-refractivity contribution < 1.29 is 23.0 Å². The first kappa shape index (κ1) is 21.0. The van der Waals surface area contributed by atoms with Gasteiger partial charge in [-0.05, 0) is 23.8 Å². The number of anilines is 1. The predicted octanol–water partition coefficient (Wildman–Crippen LogP) is 3.26. The molecule has 9 heteroatoms. The predicted molar refractivity (Wildman–Crippen MR) is 113 cm³/mol. The quantitative estimate of drug-likeness (QED) is 0.595. The Kier molecular flexibility index (Phi) is 6.03. The number of ether oxygens (including phenoxy) is 3. The van der Waals surface area contributed by atoms with Crippen LogP contribution in [0.4, 0.5) is 14.6 Å². The minimum atomic E-state index is -0.827. The molecule has 2 aromatic carbocycles. The molecule has 1 fully saturated rings. The second-order valence-electron chi connectivity index (χ2n) is 7.25. The van der Waals surface area contributed by atoms with E-state index < -0.39 is 11.6 Å². The molecule has 0 spiro atoms. The van der Waals surface area contributed by atoms with Gasteiger partial charge in [0.1, 0.15) is 17.7 Å². The lowest BCUT2D eigenvalue weighted by molar-refractivity contribution is 0.249. The lowest BCUT2D eigenvalue weighted by Gasteiger charge is -2.35. The molecule has 0 atom stereocenters. The second kappa shape index (κ2) is 8.89. The van der Waals surface area contributed by atoms with Gasteiger partial charge in [-0.15, -0.1) is 0 Å². The largest absolute Gasteiger partial charge is 0.493 e.